The molecule has 0 aliphatic heterocycles. The molecule has 0 saturated heterocycles. The molecule has 8 fully saturated rings. The summed E-state index contributed by atoms with van der Waals surface area (Å²) in [5.41, 5.74) is 28.2. The SMILES string of the molecule is C(#Cc1ccc(C23CC4(c5ccc(C#Cc6ccncc6)cc5)CC(c5ccc(C#Cc6ccncc6)cc5)(C2)CC(c2ccc(C#Cc5ccncc5)cc2)(C3)C4)cc1)c1ccncc1.C(=Cc1ccc(C23CC4(c5ccc(C=Cc6ccncc6)cc5)CC(c5ccc(C=Cc6ccncc6)cc5)(C2)CC(c2ccc(C=Cc5ccncc5)cc2)(C3)C4)cc1)c1ccncc1. The van der Waals surface area contributed by atoms with Gasteiger partial charge >= 0.3 is 0 Å². The lowest BCUT2D eigenvalue weighted by Gasteiger charge is -2.71. The van der Waals surface area contributed by atoms with E-state index < -0.39 is 0 Å². The first-order valence-corrected chi connectivity index (χ1v) is 45.8. The van der Waals surface area contributed by atoms with Crippen LogP contribution >= 0.6 is 0 Å². The van der Waals surface area contributed by atoms with Gasteiger partial charge in [0, 0.05) is 144 Å². The third-order valence-electron chi connectivity index (χ3n) is 29.0. The van der Waals surface area contributed by atoms with E-state index in [-0.39, 0.29) is 43.3 Å². The van der Waals surface area contributed by atoms with Crippen LogP contribution in [0.4, 0.5) is 0 Å². The molecule has 0 N–H and O–H groups in total. The summed E-state index contributed by atoms with van der Waals surface area (Å²) in [5.74, 6) is 27.0. The van der Waals surface area contributed by atoms with Crippen molar-refractivity contribution in [3.05, 3.63) is 524 Å². The molecule has 8 heteroatoms. The van der Waals surface area contributed by atoms with Gasteiger partial charge in [0.05, 0.1) is 0 Å². The molecule has 8 bridgehead atoms. The second-order valence-electron chi connectivity index (χ2n) is 37.6. The second kappa shape index (κ2) is 36.0. The summed E-state index contributed by atoms with van der Waals surface area (Å²) in [5, 5.41) is 0. The number of nitrogens with zero attached hydrogens (tertiary/aromatic N) is 8. The molecule has 8 aliphatic rings. The largest absolute Gasteiger partial charge is 0.265 e. The lowest BCUT2D eigenvalue weighted by Crippen LogP contribution is -2.67. The van der Waals surface area contributed by atoms with Crippen molar-refractivity contribution in [2.45, 2.75) is 120 Å². The van der Waals surface area contributed by atoms with Gasteiger partial charge in [0.1, 0.15) is 0 Å². The van der Waals surface area contributed by atoms with Gasteiger partial charge in [-0.2, -0.15) is 0 Å². The summed E-state index contributed by atoms with van der Waals surface area (Å²) in [6.45, 7) is 0. The van der Waals surface area contributed by atoms with Crippen molar-refractivity contribution in [2.75, 3.05) is 0 Å². The third-order valence-corrected chi connectivity index (χ3v) is 29.0. The van der Waals surface area contributed by atoms with Crippen molar-refractivity contribution >= 4 is 48.6 Å². The Morgan fingerprint density at radius 1 is 0.129 bits per heavy atom. The van der Waals surface area contributed by atoms with E-state index in [2.05, 4.69) is 378 Å². The van der Waals surface area contributed by atoms with Crippen LogP contribution in [0.25, 0.3) is 48.6 Å². The quantitative estimate of drug-likeness (QED) is 0.0882. The summed E-state index contributed by atoms with van der Waals surface area (Å²) in [7, 11) is 0. The van der Waals surface area contributed by atoms with Crippen molar-refractivity contribution < 1.29 is 0 Å². The minimum absolute atomic E-state index is 0.0398. The number of rotatable bonds is 16. The molecular weight excluding hydrogens is 1600 g/mol. The van der Waals surface area contributed by atoms with Gasteiger partial charge in [-0.3, -0.25) is 39.9 Å². The smallest absolute Gasteiger partial charge is 0.0280 e. The van der Waals surface area contributed by atoms with Gasteiger partial charge < -0.3 is 0 Å². The topological polar surface area (TPSA) is 103 Å². The zero-order chi connectivity index (χ0) is 88.6. The van der Waals surface area contributed by atoms with Gasteiger partial charge in [0.15, 0.2) is 0 Å². The number of hydrogen-bond donors (Lipinski definition) is 0. The first-order valence-electron chi connectivity index (χ1n) is 45.8. The first kappa shape index (κ1) is 83.1. The lowest BCUT2D eigenvalue weighted by molar-refractivity contribution is -0.0694. The van der Waals surface area contributed by atoms with Crippen LogP contribution in [0.2, 0.25) is 0 Å². The van der Waals surface area contributed by atoms with Crippen molar-refractivity contribution in [1.82, 2.24) is 39.9 Å². The van der Waals surface area contributed by atoms with Crippen LogP contribution in [-0.4, -0.2) is 39.9 Å². The lowest BCUT2D eigenvalue weighted by atomic mass is 9.32. The average molecular weight is 1700 g/mol. The fourth-order valence-corrected chi connectivity index (χ4v) is 24.1. The molecule has 8 saturated carbocycles. The number of pyridine rings is 8. The normalized spacial score (nSPS) is 22.7. The highest BCUT2D eigenvalue weighted by atomic mass is 14.8. The Morgan fingerprint density at radius 3 is 0.371 bits per heavy atom. The maximum Gasteiger partial charge on any atom is 0.0280 e. The molecule has 8 heterocycles. The first-order chi connectivity index (χ1) is 64.9. The highest BCUT2D eigenvalue weighted by molar-refractivity contribution is 5.74. The molecule has 8 nitrogen and oxygen atoms in total. The number of benzene rings is 8. The van der Waals surface area contributed by atoms with E-state index >= 15 is 0 Å². The van der Waals surface area contributed by atoms with E-state index in [0.717, 1.165) is 144 Å². The number of aromatic nitrogens is 8. The van der Waals surface area contributed by atoms with E-state index in [9.17, 15) is 0 Å². The van der Waals surface area contributed by atoms with Crippen molar-refractivity contribution in [3.8, 4) is 47.4 Å². The third kappa shape index (κ3) is 17.6. The second-order valence-corrected chi connectivity index (χ2v) is 37.6. The van der Waals surface area contributed by atoms with Crippen LogP contribution in [0.15, 0.2) is 390 Å². The van der Waals surface area contributed by atoms with Gasteiger partial charge in [-0.05, 0) is 355 Å². The zero-order valence-electron chi connectivity index (χ0n) is 73.6. The van der Waals surface area contributed by atoms with Crippen LogP contribution in [-0.2, 0) is 43.3 Å². The Labute approximate surface area is 774 Å². The van der Waals surface area contributed by atoms with Crippen molar-refractivity contribution in [3.63, 3.8) is 0 Å². The van der Waals surface area contributed by atoms with Crippen LogP contribution in [0, 0.1) is 47.4 Å². The predicted octanol–water partition coefficient (Wildman–Crippen LogP) is 25.7. The molecular formula is C124H96N8. The average Bonchev–Trinajstić information content (AvgIpc) is 0.668. The van der Waals surface area contributed by atoms with E-state index in [1.807, 2.05) is 98.1 Å². The molecule has 0 amide bonds. The molecule has 16 aromatic rings. The maximum atomic E-state index is 4.21. The maximum absolute atomic E-state index is 4.21. The van der Waals surface area contributed by atoms with E-state index in [4.69, 9.17) is 0 Å². The molecule has 0 atom stereocenters. The zero-order valence-corrected chi connectivity index (χ0v) is 73.6. The van der Waals surface area contributed by atoms with Gasteiger partial charge in [0.2, 0.25) is 0 Å². The van der Waals surface area contributed by atoms with Crippen LogP contribution in [0.3, 0.4) is 0 Å². The van der Waals surface area contributed by atoms with Gasteiger partial charge in [-0.15, -0.1) is 0 Å². The molecule has 0 spiro atoms. The summed E-state index contributed by atoms with van der Waals surface area (Å²) < 4.78 is 0. The Bertz CT molecular complexity index is 6240. The number of hydrogen-bond acceptors (Lipinski definition) is 8. The molecule has 24 rings (SSSR count). The Balaban J connectivity index is 0.000000159. The Hall–Kier alpha value is -15.8. The standard InChI is InChI=1S/C62H52N4.C62H44N4/c2*1(5-51-25-33-63-34-26-51)47-9-17-55(18-10-47)59-41-60(56-19-11-48(12-20-56)2-6-52-27-35-64-36-28-52)44-61(42-59,57-21-13-49(14-22-57)3-7-53-29-37-65-38-30-53)46-62(43-59,45-60)58-23-15-50(16-24-58)4-8-54-31-39-66-40-32-54/h1-40H,41-46H2;9-40H,41-46H2. The molecule has 0 unspecified atom stereocenters. The minimum Gasteiger partial charge on any atom is -0.265 e. The van der Waals surface area contributed by atoms with Crippen LogP contribution < -0.4 is 0 Å². The van der Waals surface area contributed by atoms with Crippen molar-refractivity contribution in [2.24, 2.45) is 0 Å². The van der Waals surface area contributed by atoms with Crippen LogP contribution in [0.5, 0.6) is 0 Å². The Morgan fingerprint density at radius 2 is 0.235 bits per heavy atom. The molecule has 132 heavy (non-hydrogen) atoms. The fraction of sp³-hybridized carbons (Fsp3) is 0.161. The van der Waals surface area contributed by atoms with Gasteiger partial charge in [-0.1, -0.05) is 242 Å². The van der Waals surface area contributed by atoms with E-state index in [1.165, 1.54) is 66.8 Å². The predicted molar refractivity (Wildman–Crippen MR) is 534 cm³/mol. The van der Waals surface area contributed by atoms with Crippen molar-refractivity contribution in [1.29, 1.82) is 0 Å². The fourth-order valence-electron chi connectivity index (χ4n) is 24.1. The summed E-state index contributed by atoms with van der Waals surface area (Å²) in [6, 6.07) is 107. The van der Waals surface area contributed by atoms with E-state index in [1.54, 1.807) is 49.6 Å². The molecule has 0 radical (unpaired) electrons. The highest BCUT2D eigenvalue weighted by Crippen LogP contribution is 2.77. The Kier molecular flexibility index (Phi) is 22.7. The molecule has 632 valence electrons. The highest BCUT2D eigenvalue weighted by Gasteiger charge is 2.71. The summed E-state index contributed by atoms with van der Waals surface area (Å²) in [6.07, 6.45) is 59.9. The molecule has 8 aliphatic carbocycles. The molecule has 8 aromatic heterocycles. The van der Waals surface area contributed by atoms with Gasteiger partial charge in [0.25, 0.3) is 0 Å². The minimum atomic E-state index is -0.106. The summed E-state index contributed by atoms with van der Waals surface area (Å²) >= 11 is 0. The van der Waals surface area contributed by atoms with Crippen LogP contribution in [0.1, 0.15) is 211 Å². The monoisotopic (exact) mass is 1700 g/mol. The van der Waals surface area contributed by atoms with Gasteiger partial charge in [-0.25, -0.2) is 0 Å². The van der Waals surface area contributed by atoms with E-state index in [0.29, 0.717) is 0 Å². The summed E-state index contributed by atoms with van der Waals surface area (Å²) in [4.78, 5) is 33.5. The molecule has 8 aromatic carbocycles.